The molecule has 7 heteroatoms. The lowest BCUT2D eigenvalue weighted by molar-refractivity contribution is -0.146. The number of amidine groups is 1. The van der Waals surface area contributed by atoms with Crippen LogP contribution in [0.4, 0.5) is 0 Å². The van der Waals surface area contributed by atoms with Gasteiger partial charge in [0.25, 0.3) is 0 Å². The predicted molar refractivity (Wildman–Crippen MR) is 65.7 cm³/mol. The molecule has 0 saturated carbocycles. The van der Waals surface area contributed by atoms with Gasteiger partial charge in [0.2, 0.25) is 0 Å². The van der Waals surface area contributed by atoms with Gasteiger partial charge in [0.05, 0.1) is 11.9 Å². The number of aliphatic hydroxyl groups is 1. The van der Waals surface area contributed by atoms with E-state index in [1.807, 2.05) is 0 Å². The van der Waals surface area contributed by atoms with E-state index < -0.39 is 17.6 Å². The SMILES string of the molecule is CC(N)=NCCSC[C@](N)(C(=O)O)C(C)O. The lowest BCUT2D eigenvalue weighted by atomic mass is 9.98. The maximum atomic E-state index is 10.9. The number of hydrogen-bond donors (Lipinski definition) is 4. The Balaban J connectivity index is 4.06. The molecule has 0 bridgehead atoms. The molecular weight excluding hydrogens is 230 g/mol. The van der Waals surface area contributed by atoms with Crippen LogP contribution < -0.4 is 11.5 Å². The lowest BCUT2D eigenvalue weighted by Crippen LogP contribution is -2.58. The molecule has 0 aromatic rings. The van der Waals surface area contributed by atoms with E-state index in [0.717, 1.165) is 0 Å². The summed E-state index contributed by atoms with van der Waals surface area (Å²) in [7, 11) is 0. The molecule has 0 aliphatic carbocycles. The summed E-state index contributed by atoms with van der Waals surface area (Å²) >= 11 is 1.33. The molecule has 6 nitrogen and oxygen atoms in total. The monoisotopic (exact) mass is 249 g/mol. The highest BCUT2D eigenvalue weighted by Crippen LogP contribution is 2.15. The standard InChI is InChI=1S/C9H19N3O3S/c1-6(13)9(11,8(14)15)5-16-4-3-12-7(2)10/h6,13H,3-5,11H2,1-2H3,(H2,10,12)(H,14,15)/t6?,9-/m1/s1. The third-order valence-corrected chi connectivity index (χ3v) is 3.23. The Kier molecular flexibility index (Phi) is 6.39. The Morgan fingerprint density at radius 1 is 1.62 bits per heavy atom. The smallest absolute Gasteiger partial charge is 0.327 e. The average molecular weight is 249 g/mol. The molecule has 1 unspecified atom stereocenters. The molecule has 0 aliphatic heterocycles. The summed E-state index contributed by atoms with van der Waals surface area (Å²) in [6.45, 7) is 3.57. The number of aliphatic imine (C=N–C) groups is 1. The Bertz CT molecular complexity index is 267. The van der Waals surface area contributed by atoms with Crippen molar-refractivity contribution in [2.45, 2.75) is 25.5 Å². The highest BCUT2D eigenvalue weighted by atomic mass is 32.2. The predicted octanol–water partition coefficient (Wildman–Crippen LogP) is -0.740. The van der Waals surface area contributed by atoms with Gasteiger partial charge in [-0.05, 0) is 13.8 Å². The zero-order valence-electron chi connectivity index (χ0n) is 9.51. The van der Waals surface area contributed by atoms with Crippen molar-refractivity contribution in [3.8, 4) is 0 Å². The van der Waals surface area contributed by atoms with E-state index in [-0.39, 0.29) is 5.75 Å². The highest BCUT2D eigenvalue weighted by molar-refractivity contribution is 7.99. The summed E-state index contributed by atoms with van der Waals surface area (Å²) in [6.07, 6.45) is -1.10. The zero-order valence-corrected chi connectivity index (χ0v) is 10.3. The van der Waals surface area contributed by atoms with Crippen molar-refractivity contribution in [3.63, 3.8) is 0 Å². The quantitative estimate of drug-likeness (QED) is 0.268. The molecule has 0 heterocycles. The summed E-state index contributed by atoms with van der Waals surface area (Å²) in [6, 6.07) is 0. The van der Waals surface area contributed by atoms with Crippen molar-refractivity contribution in [1.29, 1.82) is 0 Å². The first-order valence-corrected chi connectivity index (χ1v) is 6.00. The Morgan fingerprint density at radius 2 is 2.19 bits per heavy atom. The van der Waals surface area contributed by atoms with Crippen LogP contribution in [0.1, 0.15) is 13.8 Å². The number of nitrogens with zero attached hydrogens (tertiary/aromatic N) is 1. The summed E-state index contributed by atoms with van der Waals surface area (Å²) in [5.41, 5.74) is 9.33. The second kappa shape index (κ2) is 6.72. The fourth-order valence-electron chi connectivity index (χ4n) is 0.889. The van der Waals surface area contributed by atoms with Crippen LogP contribution in [-0.4, -0.2) is 51.7 Å². The molecule has 0 aromatic heterocycles. The first-order valence-electron chi connectivity index (χ1n) is 4.85. The lowest BCUT2D eigenvalue weighted by Gasteiger charge is -2.27. The Hall–Kier alpha value is -0.790. The topological polar surface area (TPSA) is 122 Å². The molecule has 0 aromatic carbocycles. The van der Waals surface area contributed by atoms with Crippen LogP contribution in [0.25, 0.3) is 0 Å². The largest absolute Gasteiger partial charge is 0.480 e. The van der Waals surface area contributed by atoms with Gasteiger partial charge in [-0.1, -0.05) is 0 Å². The number of carboxylic acids is 1. The minimum Gasteiger partial charge on any atom is -0.480 e. The zero-order chi connectivity index (χ0) is 12.8. The van der Waals surface area contributed by atoms with Crippen LogP contribution in [0, 0.1) is 0 Å². The Labute approximate surface area is 99.1 Å². The van der Waals surface area contributed by atoms with E-state index in [9.17, 15) is 9.90 Å². The van der Waals surface area contributed by atoms with Crippen molar-refractivity contribution in [1.82, 2.24) is 0 Å². The van der Waals surface area contributed by atoms with Crippen LogP contribution in [0.2, 0.25) is 0 Å². The van der Waals surface area contributed by atoms with Gasteiger partial charge in [-0.15, -0.1) is 0 Å². The maximum Gasteiger partial charge on any atom is 0.327 e. The van der Waals surface area contributed by atoms with E-state index >= 15 is 0 Å². The Morgan fingerprint density at radius 3 is 2.56 bits per heavy atom. The molecule has 0 aliphatic rings. The molecule has 0 radical (unpaired) electrons. The molecule has 0 amide bonds. The van der Waals surface area contributed by atoms with Crippen LogP contribution in [0.5, 0.6) is 0 Å². The van der Waals surface area contributed by atoms with Gasteiger partial charge in [-0.25, -0.2) is 0 Å². The number of carboxylic acid groups (broad SMARTS) is 1. The van der Waals surface area contributed by atoms with Crippen molar-refractivity contribution in [2.75, 3.05) is 18.1 Å². The normalized spacial score (nSPS) is 17.9. The van der Waals surface area contributed by atoms with Gasteiger partial charge in [-0.2, -0.15) is 11.8 Å². The van der Waals surface area contributed by atoms with Crippen molar-refractivity contribution in [2.24, 2.45) is 16.5 Å². The van der Waals surface area contributed by atoms with E-state index in [0.29, 0.717) is 18.1 Å². The molecule has 16 heavy (non-hydrogen) atoms. The van der Waals surface area contributed by atoms with Gasteiger partial charge in [0, 0.05) is 18.1 Å². The molecule has 6 N–H and O–H groups in total. The van der Waals surface area contributed by atoms with Gasteiger partial charge < -0.3 is 21.7 Å². The molecule has 0 saturated heterocycles. The van der Waals surface area contributed by atoms with E-state index in [1.54, 1.807) is 6.92 Å². The number of hydrogen-bond acceptors (Lipinski definition) is 5. The summed E-state index contributed by atoms with van der Waals surface area (Å²) < 4.78 is 0. The van der Waals surface area contributed by atoms with Gasteiger partial charge in [0.1, 0.15) is 5.54 Å². The van der Waals surface area contributed by atoms with Gasteiger partial charge in [0.15, 0.2) is 0 Å². The highest BCUT2D eigenvalue weighted by Gasteiger charge is 2.38. The second-order valence-electron chi connectivity index (χ2n) is 3.60. The molecule has 94 valence electrons. The minimum absolute atomic E-state index is 0.138. The molecule has 0 rings (SSSR count). The summed E-state index contributed by atoms with van der Waals surface area (Å²) in [5.74, 6) is 0.0500. The minimum atomic E-state index is -1.61. The first-order chi connectivity index (χ1) is 7.30. The van der Waals surface area contributed by atoms with Crippen molar-refractivity contribution in [3.05, 3.63) is 0 Å². The van der Waals surface area contributed by atoms with Crippen LogP contribution >= 0.6 is 11.8 Å². The van der Waals surface area contributed by atoms with Crippen LogP contribution in [0.15, 0.2) is 4.99 Å². The van der Waals surface area contributed by atoms with E-state index in [2.05, 4.69) is 4.99 Å². The third kappa shape index (κ3) is 4.82. The summed E-state index contributed by atoms with van der Waals surface area (Å²) in [5, 5.41) is 18.2. The second-order valence-corrected chi connectivity index (χ2v) is 4.70. The number of aliphatic carboxylic acids is 1. The van der Waals surface area contributed by atoms with E-state index in [4.69, 9.17) is 16.6 Å². The number of nitrogens with two attached hydrogens (primary N) is 2. The molecule has 0 fully saturated rings. The first kappa shape index (κ1) is 15.2. The summed E-state index contributed by atoms with van der Waals surface area (Å²) in [4.78, 5) is 14.8. The van der Waals surface area contributed by atoms with Crippen LogP contribution in [-0.2, 0) is 4.79 Å². The van der Waals surface area contributed by atoms with Gasteiger partial charge in [-0.3, -0.25) is 9.79 Å². The maximum absolute atomic E-state index is 10.9. The van der Waals surface area contributed by atoms with Crippen molar-refractivity contribution >= 4 is 23.6 Å². The van der Waals surface area contributed by atoms with Crippen molar-refractivity contribution < 1.29 is 15.0 Å². The third-order valence-electron chi connectivity index (χ3n) is 2.08. The number of aliphatic hydroxyl groups excluding tert-OH is 1. The molecule has 2 atom stereocenters. The van der Waals surface area contributed by atoms with Gasteiger partial charge >= 0.3 is 5.97 Å². The fraction of sp³-hybridized carbons (Fsp3) is 0.778. The molecule has 0 spiro atoms. The molecular formula is C9H19N3O3S. The number of thioether (sulfide) groups is 1. The fourth-order valence-corrected chi connectivity index (χ4v) is 1.96. The number of carbonyl (C=O) groups is 1. The van der Waals surface area contributed by atoms with Crippen LogP contribution in [0.3, 0.4) is 0 Å². The van der Waals surface area contributed by atoms with E-state index in [1.165, 1.54) is 18.7 Å². The average Bonchev–Trinajstić information content (AvgIpc) is 2.15. The number of rotatable bonds is 7.